The number of thioether (sulfide) groups is 1. The van der Waals surface area contributed by atoms with Crippen molar-refractivity contribution in [1.29, 1.82) is 0 Å². The number of carbonyl (C=O) groups is 2. The minimum absolute atomic E-state index is 0.0105. The first kappa shape index (κ1) is 17.2. The highest BCUT2D eigenvalue weighted by Crippen LogP contribution is 2.20. The van der Waals surface area contributed by atoms with Gasteiger partial charge in [-0.05, 0) is 47.5 Å². The minimum Gasteiger partial charge on any atom is -0.508 e. The van der Waals surface area contributed by atoms with E-state index < -0.39 is 11.9 Å². The lowest BCUT2D eigenvalue weighted by Gasteiger charge is -2.12. The maximum Gasteiger partial charge on any atom is 0.321 e. The fraction of sp³-hybridized carbons (Fsp3) is 0.400. The summed E-state index contributed by atoms with van der Waals surface area (Å²) in [6, 6.07) is 6.05. The van der Waals surface area contributed by atoms with Gasteiger partial charge in [-0.1, -0.05) is 24.6 Å². The second-order valence-electron chi connectivity index (χ2n) is 5.68. The number of phenolic OH excluding ortho intramolecular Hbond substituents is 1. The zero-order valence-corrected chi connectivity index (χ0v) is 14.2. The first-order chi connectivity index (χ1) is 12.1. The number of tetrazole rings is 1. The van der Waals surface area contributed by atoms with Gasteiger partial charge in [0.25, 0.3) is 0 Å². The molecule has 9 nitrogen and oxygen atoms in total. The molecule has 0 radical (unpaired) electrons. The zero-order chi connectivity index (χ0) is 17.6. The number of hydrogen-bond acceptors (Lipinski definition) is 7. The van der Waals surface area contributed by atoms with Gasteiger partial charge in [0.05, 0.1) is 11.4 Å². The Kier molecular flexibility index (Phi) is 5.49. The number of aromatic nitrogens is 4. The van der Waals surface area contributed by atoms with Crippen LogP contribution in [-0.2, 0) is 4.79 Å². The molecule has 25 heavy (non-hydrogen) atoms. The van der Waals surface area contributed by atoms with E-state index in [1.165, 1.54) is 16.8 Å². The Labute approximate surface area is 148 Å². The van der Waals surface area contributed by atoms with E-state index in [1.807, 2.05) is 0 Å². The molecule has 0 unspecified atom stereocenters. The van der Waals surface area contributed by atoms with Crippen molar-refractivity contribution in [3.63, 3.8) is 0 Å². The van der Waals surface area contributed by atoms with E-state index >= 15 is 0 Å². The van der Waals surface area contributed by atoms with Gasteiger partial charge in [0.2, 0.25) is 11.1 Å². The standard InChI is InChI=1S/C15H18N6O3S/c22-12-7-5-11(6-8-12)21-15(18-19-20-21)25-9-13(23)17-14(24)16-10-3-1-2-4-10/h5-8,10,22H,1-4,9H2,(H2,16,17,23,24). The zero-order valence-electron chi connectivity index (χ0n) is 13.4. The molecule has 0 saturated heterocycles. The average Bonchev–Trinajstić information content (AvgIpc) is 3.25. The van der Waals surface area contributed by atoms with E-state index in [4.69, 9.17) is 0 Å². The summed E-state index contributed by atoms with van der Waals surface area (Å²) in [7, 11) is 0. The van der Waals surface area contributed by atoms with Crippen LogP contribution in [0, 0.1) is 0 Å². The molecule has 1 heterocycles. The number of benzene rings is 1. The Morgan fingerprint density at radius 1 is 1.24 bits per heavy atom. The summed E-state index contributed by atoms with van der Waals surface area (Å²) in [5.74, 6) is -0.268. The second-order valence-corrected chi connectivity index (χ2v) is 6.62. The third-order valence-corrected chi connectivity index (χ3v) is 4.73. The van der Waals surface area contributed by atoms with Crippen molar-refractivity contribution in [2.45, 2.75) is 36.9 Å². The van der Waals surface area contributed by atoms with Crippen LogP contribution in [0.5, 0.6) is 5.75 Å². The van der Waals surface area contributed by atoms with Gasteiger partial charge in [-0.15, -0.1) is 5.10 Å². The molecule has 2 aromatic rings. The van der Waals surface area contributed by atoms with Crippen molar-refractivity contribution in [2.75, 3.05) is 5.75 Å². The van der Waals surface area contributed by atoms with Crippen LogP contribution in [0.15, 0.2) is 29.4 Å². The van der Waals surface area contributed by atoms with Gasteiger partial charge in [-0.25, -0.2) is 4.79 Å². The highest BCUT2D eigenvalue weighted by Gasteiger charge is 2.18. The molecule has 3 rings (SSSR count). The number of hydrogen-bond donors (Lipinski definition) is 3. The first-order valence-electron chi connectivity index (χ1n) is 7.93. The fourth-order valence-electron chi connectivity index (χ4n) is 2.61. The van der Waals surface area contributed by atoms with E-state index in [9.17, 15) is 14.7 Å². The molecule has 0 bridgehead atoms. The van der Waals surface area contributed by atoms with Crippen LogP contribution in [0.1, 0.15) is 25.7 Å². The van der Waals surface area contributed by atoms with Gasteiger partial charge < -0.3 is 10.4 Å². The summed E-state index contributed by atoms with van der Waals surface area (Å²) >= 11 is 1.12. The quantitative estimate of drug-likeness (QED) is 0.684. The smallest absolute Gasteiger partial charge is 0.321 e. The summed E-state index contributed by atoms with van der Waals surface area (Å²) in [6.07, 6.45) is 4.12. The van der Waals surface area contributed by atoms with Crippen molar-refractivity contribution in [3.05, 3.63) is 24.3 Å². The van der Waals surface area contributed by atoms with Crippen LogP contribution in [0.4, 0.5) is 4.79 Å². The lowest BCUT2D eigenvalue weighted by atomic mass is 10.2. The molecule has 3 N–H and O–H groups in total. The molecule has 10 heteroatoms. The van der Waals surface area contributed by atoms with Gasteiger partial charge in [-0.2, -0.15) is 4.68 Å². The topological polar surface area (TPSA) is 122 Å². The van der Waals surface area contributed by atoms with Crippen LogP contribution < -0.4 is 10.6 Å². The molecule has 0 atom stereocenters. The maximum absolute atomic E-state index is 11.9. The normalized spacial score (nSPS) is 14.4. The first-order valence-corrected chi connectivity index (χ1v) is 8.91. The van der Waals surface area contributed by atoms with Crippen molar-refractivity contribution < 1.29 is 14.7 Å². The predicted octanol–water partition coefficient (Wildman–Crippen LogP) is 1.23. The Morgan fingerprint density at radius 2 is 1.96 bits per heavy atom. The van der Waals surface area contributed by atoms with Gasteiger partial charge in [0.15, 0.2) is 0 Å². The number of nitrogens with zero attached hydrogens (tertiary/aromatic N) is 4. The van der Waals surface area contributed by atoms with E-state index in [0.29, 0.717) is 10.8 Å². The van der Waals surface area contributed by atoms with E-state index in [2.05, 4.69) is 26.2 Å². The summed E-state index contributed by atoms with van der Waals surface area (Å²) < 4.78 is 1.45. The summed E-state index contributed by atoms with van der Waals surface area (Å²) in [4.78, 5) is 23.7. The number of amides is 3. The predicted molar refractivity (Wildman–Crippen MR) is 90.5 cm³/mol. The van der Waals surface area contributed by atoms with Crippen molar-refractivity contribution in [3.8, 4) is 11.4 Å². The van der Waals surface area contributed by atoms with Crippen molar-refractivity contribution in [2.24, 2.45) is 0 Å². The third-order valence-electron chi connectivity index (χ3n) is 3.81. The summed E-state index contributed by atoms with van der Waals surface area (Å²) in [5, 5.41) is 26.2. The third kappa shape index (κ3) is 4.69. The number of urea groups is 1. The molecule has 3 amide bonds. The minimum atomic E-state index is -0.462. The molecule has 1 aliphatic rings. The molecular formula is C15H18N6O3S. The van der Waals surface area contributed by atoms with Crippen molar-refractivity contribution in [1.82, 2.24) is 30.8 Å². The Hall–Kier alpha value is -2.62. The Morgan fingerprint density at radius 3 is 2.68 bits per heavy atom. The Balaban J connectivity index is 1.51. The molecule has 1 saturated carbocycles. The SMILES string of the molecule is O=C(CSc1nnnn1-c1ccc(O)cc1)NC(=O)NC1CCCC1. The number of aromatic hydroxyl groups is 1. The molecule has 132 valence electrons. The van der Waals surface area contributed by atoms with Crippen LogP contribution in [0.25, 0.3) is 5.69 Å². The highest BCUT2D eigenvalue weighted by atomic mass is 32.2. The van der Waals surface area contributed by atoms with Gasteiger partial charge in [0.1, 0.15) is 5.75 Å². The van der Waals surface area contributed by atoms with Crippen LogP contribution in [0.2, 0.25) is 0 Å². The molecule has 1 fully saturated rings. The summed E-state index contributed by atoms with van der Waals surface area (Å²) in [6.45, 7) is 0. The van der Waals surface area contributed by atoms with E-state index in [0.717, 1.165) is 37.4 Å². The maximum atomic E-state index is 11.9. The number of carbonyl (C=O) groups excluding carboxylic acids is 2. The van der Waals surface area contributed by atoms with Crippen LogP contribution in [-0.4, -0.2) is 49.0 Å². The molecule has 1 aliphatic carbocycles. The second kappa shape index (κ2) is 7.97. The van der Waals surface area contributed by atoms with Crippen LogP contribution >= 0.6 is 11.8 Å². The lowest BCUT2D eigenvalue weighted by molar-refractivity contribution is -0.117. The highest BCUT2D eigenvalue weighted by molar-refractivity contribution is 7.99. The largest absolute Gasteiger partial charge is 0.508 e. The van der Waals surface area contributed by atoms with Crippen molar-refractivity contribution >= 4 is 23.7 Å². The number of rotatable bonds is 5. The molecule has 0 spiro atoms. The monoisotopic (exact) mass is 362 g/mol. The van der Waals surface area contributed by atoms with Crippen LogP contribution in [0.3, 0.4) is 0 Å². The van der Waals surface area contributed by atoms with Gasteiger partial charge in [0, 0.05) is 6.04 Å². The molecular weight excluding hydrogens is 344 g/mol. The lowest BCUT2D eigenvalue weighted by Crippen LogP contribution is -2.44. The summed E-state index contributed by atoms with van der Waals surface area (Å²) in [5.41, 5.74) is 0.657. The Bertz CT molecular complexity index is 742. The van der Waals surface area contributed by atoms with E-state index in [-0.39, 0.29) is 17.5 Å². The van der Waals surface area contributed by atoms with E-state index in [1.54, 1.807) is 12.1 Å². The molecule has 0 aliphatic heterocycles. The average molecular weight is 362 g/mol. The number of phenols is 1. The number of imide groups is 1. The molecule has 1 aromatic carbocycles. The van der Waals surface area contributed by atoms with Gasteiger partial charge >= 0.3 is 6.03 Å². The van der Waals surface area contributed by atoms with Gasteiger partial charge in [-0.3, -0.25) is 10.1 Å². The molecule has 1 aromatic heterocycles. The fourth-order valence-corrected chi connectivity index (χ4v) is 3.30. The number of nitrogens with one attached hydrogen (secondary N) is 2.